The summed E-state index contributed by atoms with van der Waals surface area (Å²) in [6, 6.07) is -0.0972. The molecular formula is C14H24ClN5O3S. The van der Waals surface area contributed by atoms with Crippen molar-refractivity contribution in [2.24, 2.45) is 5.92 Å². The van der Waals surface area contributed by atoms with Crippen LogP contribution in [0.25, 0.3) is 0 Å². The SMILES string of the molecule is CS(=O)(=O)NC1CCCC1CNC(=O)c1n[nH]c2c1CNCC2.Cl. The van der Waals surface area contributed by atoms with E-state index in [2.05, 4.69) is 25.6 Å². The molecule has 2 aliphatic rings. The topological polar surface area (TPSA) is 116 Å². The van der Waals surface area contributed by atoms with Crippen molar-refractivity contribution in [1.29, 1.82) is 0 Å². The molecule has 1 amide bonds. The number of sulfonamides is 1. The summed E-state index contributed by atoms with van der Waals surface area (Å²) < 4.78 is 25.5. The number of nitrogens with one attached hydrogen (secondary N) is 4. The molecule has 2 heterocycles. The highest BCUT2D eigenvalue weighted by molar-refractivity contribution is 7.88. The van der Waals surface area contributed by atoms with Crippen molar-refractivity contribution in [3.63, 3.8) is 0 Å². The second-order valence-electron chi connectivity index (χ2n) is 6.35. The highest BCUT2D eigenvalue weighted by Crippen LogP contribution is 2.25. The highest BCUT2D eigenvalue weighted by atomic mass is 35.5. The number of carbonyl (C=O) groups excluding carboxylic acids is 1. The molecule has 0 radical (unpaired) electrons. The monoisotopic (exact) mass is 377 g/mol. The van der Waals surface area contributed by atoms with Gasteiger partial charge in [0.15, 0.2) is 5.69 Å². The van der Waals surface area contributed by atoms with E-state index in [4.69, 9.17) is 0 Å². The van der Waals surface area contributed by atoms with Gasteiger partial charge in [0, 0.05) is 43.4 Å². The zero-order valence-electron chi connectivity index (χ0n) is 13.6. The van der Waals surface area contributed by atoms with Crippen LogP contribution in [-0.4, -0.2) is 49.9 Å². The first-order valence-corrected chi connectivity index (χ1v) is 9.85. The van der Waals surface area contributed by atoms with Crippen LogP contribution in [0.2, 0.25) is 0 Å². The Bertz CT molecular complexity index is 691. The minimum absolute atomic E-state index is 0. The van der Waals surface area contributed by atoms with Gasteiger partial charge < -0.3 is 10.6 Å². The van der Waals surface area contributed by atoms with E-state index in [0.717, 1.165) is 43.5 Å². The lowest BCUT2D eigenvalue weighted by molar-refractivity contribution is 0.0940. The van der Waals surface area contributed by atoms with Gasteiger partial charge in [0.05, 0.1) is 6.26 Å². The van der Waals surface area contributed by atoms with Crippen LogP contribution < -0.4 is 15.4 Å². The molecule has 0 aromatic carbocycles. The predicted octanol–water partition coefficient (Wildman–Crippen LogP) is -0.0751. The minimum Gasteiger partial charge on any atom is -0.350 e. The molecule has 1 aromatic rings. The van der Waals surface area contributed by atoms with Crippen LogP contribution in [0, 0.1) is 5.92 Å². The third-order valence-corrected chi connectivity index (χ3v) is 5.30. The van der Waals surface area contributed by atoms with Crippen LogP contribution >= 0.6 is 12.4 Å². The van der Waals surface area contributed by atoms with Crippen molar-refractivity contribution in [3.05, 3.63) is 17.0 Å². The Balaban J connectivity index is 0.00000208. The zero-order chi connectivity index (χ0) is 16.4. The smallest absolute Gasteiger partial charge is 0.272 e. The third kappa shape index (κ3) is 4.47. The van der Waals surface area contributed by atoms with Crippen molar-refractivity contribution in [2.75, 3.05) is 19.3 Å². The molecule has 136 valence electrons. The molecular weight excluding hydrogens is 354 g/mol. The maximum atomic E-state index is 12.4. The predicted molar refractivity (Wildman–Crippen MR) is 92.7 cm³/mol. The second kappa shape index (κ2) is 7.81. The molecule has 0 spiro atoms. The maximum Gasteiger partial charge on any atom is 0.272 e. The normalized spacial score (nSPS) is 23.4. The molecule has 1 saturated carbocycles. The summed E-state index contributed by atoms with van der Waals surface area (Å²) in [6.07, 6.45) is 4.71. The van der Waals surface area contributed by atoms with E-state index in [-0.39, 0.29) is 30.3 Å². The largest absolute Gasteiger partial charge is 0.350 e. The Labute approximate surface area is 148 Å². The van der Waals surface area contributed by atoms with Gasteiger partial charge in [-0.2, -0.15) is 5.10 Å². The lowest BCUT2D eigenvalue weighted by Gasteiger charge is -2.20. The van der Waals surface area contributed by atoms with Crippen molar-refractivity contribution >= 4 is 28.3 Å². The van der Waals surface area contributed by atoms with E-state index in [0.29, 0.717) is 18.8 Å². The zero-order valence-corrected chi connectivity index (χ0v) is 15.2. The van der Waals surface area contributed by atoms with Crippen LogP contribution in [0.1, 0.15) is 41.0 Å². The van der Waals surface area contributed by atoms with Crippen molar-refractivity contribution in [1.82, 2.24) is 25.6 Å². The summed E-state index contributed by atoms with van der Waals surface area (Å²) in [6.45, 7) is 1.99. The molecule has 1 aliphatic carbocycles. The van der Waals surface area contributed by atoms with Gasteiger partial charge >= 0.3 is 0 Å². The number of hydrogen-bond donors (Lipinski definition) is 4. The van der Waals surface area contributed by atoms with Crippen LogP contribution in [0.15, 0.2) is 0 Å². The van der Waals surface area contributed by atoms with Crippen LogP contribution in [0.5, 0.6) is 0 Å². The Morgan fingerprint density at radius 3 is 2.92 bits per heavy atom. The maximum absolute atomic E-state index is 12.4. The van der Waals surface area contributed by atoms with E-state index < -0.39 is 10.0 Å². The molecule has 1 fully saturated rings. The molecule has 2 atom stereocenters. The molecule has 0 bridgehead atoms. The average Bonchev–Trinajstić information content (AvgIpc) is 3.09. The van der Waals surface area contributed by atoms with Gasteiger partial charge in [-0.05, 0) is 18.8 Å². The molecule has 0 saturated heterocycles. The number of H-pyrrole nitrogens is 1. The van der Waals surface area contributed by atoms with Gasteiger partial charge in [-0.15, -0.1) is 12.4 Å². The average molecular weight is 378 g/mol. The van der Waals surface area contributed by atoms with Crippen molar-refractivity contribution in [2.45, 2.75) is 38.3 Å². The molecule has 3 rings (SSSR count). The van der Waals surface area contributed by atoms with E-state index in [1.54, 1.807) is 0 Å². The van der Waals surface area contributed by atoms with Gasteiger partial charge in [-0.25, -0.2) is 13.1 Å². The van der Waals surface area contributed by atoms with Gasteiger partial charge in [0.2, 0.25) is 10.0 Å². The summed E-state index contributed by atoms with van der Waals surface area (Å²) in [5.74, 6) is -0.0715. The number of aromatic nitrogens is 2. The van der Waals surface area contributed by atoms with Crippen LogP contribution in [-0.2, 0) is 23.0 Å². The van der Waals surface area contributed by atoms with Crippen molar-refractivity contribution in [3.8, 4) is 0 Å². The van der Waals surface area contributed by atoms with Crippen LogP contribution in [0.3, 0.4) is 0 Å². The third-order valence-electron chi connectivity index (χ3n) is 4.57. The second-order valence-corrected chi connectivity index (χ2v) is 8.13. The summed E-state index contributed by atoms with van der Waals surface area (Å²) in [4.78, 5) is 12.4. The van der Waals surface area contributed by atoms with E-state index in [1.165, 1.54) is 6.26 Å². The Hall–Kier alpha value is -1.16. The first-order chi connectivity index (χ1) is 10.9. The molecule has 4 N–H and O–H groups in total. The Morgan fingerprint density at radius 2 is 2.17 bits per heavy atom. The number of fused-ring (bicyclic) bond motifs is 1. The van der Waals surface area contributed by atoms with E-state index >= 15 is 0 Å². The summed E-state index contributed by atoms with van der Waals surface area (Å²) in [5, 5.41) is 13.2. The van der Waals surface area contributed by atoms with Gasteiger partial charge in [0.1, 0.15) is 0 Å². The Morgan fingerprint density at radius 1 is 1.38 bits per heavy atom. The fourth-order valence-electron chi connectivity index (χ4n) is 3.43. The molecule has 1 aliphatic heterocycles. The van der Waals surface area contributed by atoms with Crippen LogP contribution in [0.4, 0.5) is 0 Å². The summed E-state index contributed by atoms with van der Waals surface area (Å²) >= 11 is 0. The van der Waals surface area contributed by atoms with Gasteiger partial charge in [-0.3, -0.25) is 9.89 Å². The molecule has 10 heteroatoms. The fraction of sp³-hybridized carbons (Fsp3) is 0.714. The lowest BCUT2D eigenvalue weighted by atomic mass is 10.0. The first kappa shape index (κ1) is 19.2. The lowest BCUT2D eigenvalue weighted by Crippen LogP contribution is -2.41. The standard InChI is InChI=1S/C14H23N5O3S.ClH/c1-23(21,22)19-11-4-2-3-9(11)7-16-14(20)13-10-8-15-6-5-12(10)17-18-13;/h9,11,15,19H,2-8H2,1H3,(H,16,20)(H,17,18);1H. The summed E-state index contributed by atoms with van der Waals surface area (Å²) in [5.41, 5.74) is 2.40. The van der Waals surface area contributed by atoms with E-state index in [1.807, 2.05) is 0 Å². The van der Waals surface area contributed by atoms with Gasteiger partial charge in [0.25, 0.3) is 5.91 Å². The van der Waals surface area contributed by atoms with Gasteiger partial charge in [-0.1, -0.05) is 6.42 Å². The number of hydrogen-bond acceptors (Lipinski definition) is 5. The first-order valence-electron chi connectivity index (χ1n) is 7.96. The number of halogens is 1. The fourth-order valence-corrected chi connectivity index (χ4v) is 4.29. The number of carbonyl (C=O) groups is 1. The number of amides is 1. The quantitative estimate of drug-likeness (QED) is 0.573. The molecule has 24 heavy (non-hydrogen) atoms. The number of aromatic amines is 1. The summed E-state index contributed by atoms with van der Waals surface area (Å²) in [7, 11) is -3.22. The number of rotatable bonds is 5. The number of nitrogens with zero attached hydrogens (tertiary/aromatic N) is 1. The molecule has 8 nitrogen and oxygen atoms in total. The van der Waals surface area contributed by atoms with Crippen molar-refractivity contribution < 1.29 is 13.2 Å². The minimum atomic E-state index is -3.22. The molecule has 1 aromatic heterocycles. The van der Waals surface area contributed by atoms with E-state index in [9.17, 15) is 13.2 Å². The highest BCUT2D eigenvalue weighted by Gasteiger charge is 2.30. The molecule has 2 unspecified atom stereocenters. The Kier molecular flexibility index (Phi) is 6.24.